The van der Waals surface area contributed by atoms with E-state index in [0.29, 0.717) is 37.7 Å². The first-order chi connectivity index (χ1) is 14.1. The predicted octanol–water partition coefficient (Wildman–Crippen LogP) is 5.06. The van der Waals surface area contributed by atoms with Gasteiger partial charge in [-0.15, -0.1) is 0 Å². The minimum Gasteiger partial charge on any atom is -0.366 e. The van der Waals surface area contributed by atoms with Crippen LogP contribution in [0, 0.1) is 10.1 Å². The van der Waals surface area contributed by atoms with Crippen LogP contribution in [0.3, 0.4) is 0 Å². The molecule has 7 nitrogen and oxygen atoms in total. The molecule has 1 heterocycles. The molecule has 2 N–H and O–H groups in total. The summed E-state index contributed by atoms with van der Waals surface area (Å²) in [4.78, 5) is 24.2. The van der Waals surface area contributed by atoms with E-state index in [4.69, 9.17) is 11.6 Å². The Balaban J connectivity index is 1.66. The van der Waals surface area contributed by atoms with Crippen LogP contribution < -0.4 is 15.5 Å². The van der Waals surface area contributed by atoms with E-state index in [9.17, 15) is 28.1 Å². The van der Waals surface area contributed by atoms with Crippen molar-refractivity contribution in [2.75, 3.05) is 23.3 Å². The summed E-state index contributed by atoms with van der Waals surface area (Å²) in [6.07, 6.45) is -3.85. The Morgan fingerprint density at radius 2 is 1.80 bits per heavy atom. The van der Waals surface area contributed by atoms with Gasteiger partial charge in [-0.3, -0.25) is 10.1 Å². The summed E-state index contributed by atoms with van der Waals surface area (Å²) >= 11 is 5.75. The number of hydrogen-bond acceptors (Lipinski definition) is 4. The number of carbonyl (C=O) groups excluding carboxylic acids is 1. The largest absolute Gasteiger partial charge is 0.418 e. The molecule has 1 aliphatic rings. The number of nitro groups is 1. The van der Waals surface area contributed by atoms with Crippen molar-refractivity contribution in [2.45, 2.75) is 25.1 Å². The van der Waals surface area contributed by atoms with Gasteiger partial charge in [0, 0.05) is 30.9 Å². The molecular weight excluding hydrogens is 425 g/mol. The van der Waals surface area contributed by atoms with E-state index in [2.05, 4.69) is 10.6 Å². The number of hydrogen-bond donors (Lipinski definition) is 2. The third-order valence-corrected chi connectivity index (χ3v) is 5.08. The first kappa shape index (κ1) is 21.7. The smallest absolute Gasteiger partial charge is 0.366 e. The minimum absolute atomic E-state index is 0.0326. The Morgan fingerprint density at radius 1 is 1.17 bits per heavy atom. The fourth-order valence-corrected chi connectivity index (χ4v) is 3.57. The molecule has 2 aromatic rings. The second-order valence-corrected chi connectivity index (χ2v) is 7.21. The van der Waals surface area contributed by atoms with Crippen LogP contribution in [0.1, 0.15) is 18.4 Å². The topological polar surface area (TPSA) is 87.5 Å². The quantitative estimate of drug-likeness (QED) is 0.512. The summed E-state index contributed by atoms with van der Waals surface area (Å²) in [7, 11) is 0. The number of nitrogens with one attached hydrogen (secondary N) is 2. The second-order valence-electron chi connectivity index (χ2n) is 6.80. The van der Waals surface area contributed by atoms with Gasteiger partial charge in [0.25, 0.3) is 5.69 Å². The highest BCUT2D eigenvalue weighted by Crippen LogP contribution is 2.42. The third kappa shape index (κ3) is 5.12. The number of nitro benzene ring substituents is 1. The highest BCUT2D eigenvalue weighted by molar-refractivity contribution is 6.31. The van der Waals surface area contributed by atoms with Crippen molar-refractivity contribution in [3.8, 4) is 0 Å². The molecule has 2 aromatic carbocycles. The van der Waals surface area contributed by atoms with Crippen LogP contribution in [0.2, 0.25) is 5.02 Å². The van der Waals surface area contributed by atoms with Gasteiger partial charge < -0.3 is 15.5 Å². The molecule has 30 heavy (non-hydrogen) atoms. The summed E-state index contributed by atoms with van der Waals surface area (Å²) in [6.45, 7) is 0.637. The zero-order valence-corrected chi connectivity index (χ0v) is 16.3. The van der Waals surface area contributed by atoms with Gasteiger partial charge in [0.2, 0.25) is 0 Å². The number of amides is 2. The molecule has 160 valence electrons. The molecule has 0 spiro atoms. The van der Waals surface area contributed by atoms with E-state index in [1.54, 1.807) is 29.2 Å². The average molecular weight is 443 g/mol. The molecule has 2 amide bonds. The fourth-order valence-electron chi connectivity index (χ4n) is 3.31. The first-order valence-electron chi connectivity index (χ1n) is 9.08. The zero-order valence-electron chi connectivity index (χ0n) is 15.6. The summed E-state index contributed by atoms with van der Waals surface area (Å²) in [5.41, 5.74) is -1.22. The maximum absolute atomic E-state index is 13.0. The molecule has 0 saturated carbocycles. The van der Waals surface area contributed by atoms with Crippen molar-refractivity contribution in [1.82, 2.24) is 5.32 Å². The van der Waals surface area contributed by atoms with Crippen molar-refractivity contribution in [1.29, 1.82) is 0 Å². The molecule has 3 rings (SSSR count). The lowest BCUT2D eigenvalue weighted by Gasteiger charge is -2.33. The first-order valence-corrected chi connectivity index (χ1v) is 9.45. The Hall–Kier alpha value is -3.01. The van der Waals surface area contributed by atoms with Gasteiger partial charge in [0.05, 0.1) is 15.5 Å². The normalized spacial score (nSPS) is 15.0. The lowest BCUT2D eigenvalue weighted by molar-refractivity contribution is -0.384. The van der Waals surface area contributed by atoms with E-state index in [-0.39, 0.29) is 17.8 Å². The standard InChI is InChI=1S/C19H18ClF3N4O3/c20-15-11-16(17(27(29)30)10-14(15)19(21,22)23)26-8-6-13(7-9-26)25-18(28)24-12-4-2-1-3-5-12/h1-5,10-11,13H,6-9H2,(H2,24,25,28). The molecule has 1 saturated heterocycles. The van der Waals surface area contributed by atoms with E-state index < -0.39 is 27.4 Å². The minimum atomic E-state index is -4.79. The van der Waals surface area contributed by atoms with Crippen LogP contribution >= 0.6 is 11.6 Å². The number of piperidine rings is 1. The summed E-state index contributed by atoms with van der Waals surface area (Å²) in [6, 6.07) is 9.80. The van der Waals surface area contributed by atoms with Crippen molar-refractivity contribution in [3.05, 3.63) is 63.2 Å². The highest BCUT2D eigenvalue weighted by Gasteiger charge is 2.37. The lowest BCUT2D eigenvalue weighted by atomic mass is 10.0. The number of nitrogens with zero attached hydrogens (tertiary/aromatic N) is 2. The Kier molecular flexibility index (Phi) is 6.35. The molecule has 0 atom stereocenters. The Morgan fingerprint density at radius 3 is 2.37 bits per heavy atom. The fraction of sp³-hybridized carbons (Fsp3) is 0.316. The van der Waals surface area contributed by atoms with Gasteiger partial charge in [-0.1, -0.05) is 29.8 Å². The summed E-state index contributed by atoms with van der Waals surface area (Å²) in [5.74, 6) is 0. The number of anilines is 2. The Labute approximate surface area is 175 Å². The molecule has 0 radical (unpaired) electrons. The molecule has 0 aromatic heterocycles. The molecular formula is C19H18ClF3N4O3. The lowest BCUT2D eigenvalue weighted by Crippen LogP contribution is -2.46. The van der Waals surface area contributed by atoms with Gasteiger partial charge in [-0.2, -0.15) is 13.2 Å². The van der Waals surface area contributed by atoms with Gasteiger partial charge in [-0.25, -0.2) is 4.79 Å². The van der Waals surface area contributed by atoms with Gasteiger partial charge in [0.15, 0.2) is 0 Å². The number of urea groups is 1. The third-order valence-electron chi connectivity index (χ3n) is 4.77. The molecule has 0 aliphatic carbocycles. The number of alkyl halides is 3. The van der Waals surface area contributed by atoms with Crippen LogP contribution in [-0.4, -0.2) is 30.1 Å². The van der Waals surface area contributed by atoms with Crippen molar-refractivity contribution in [2.24, 2.45) is 0 Å². The SMILES string of the molecule is O=C(Nc1ccccc1)NC1CCN(c2cc(Cl)c(C(F)(F)F)cc2[N+](=O)[O-])CC1. The predicted molar refractivity (Wildman–Crippen MR) is 107 cm³/mol. The van der Waals surface area contributed by atoms with E-state index in [1.807, 2.05) is 6.07 Å². The van der Waals surface area contributed by atoms with Crippen LogP contribution in [-0.2, 0) is 6.18 Å². The van der Waals surface area contributed by atoms with Crippen LogP contribution in [0.15, 0.2) is 42.5 Å². The van der Waals surface area contributed by atoms with Crippen molar-refractivity contribution >= 4 is 34.7 Å². The van der Waals surface area contributed by atoms with E-state index in [0.717, 1.165) is 6.07 Å². The van der Waals surface area contributed by atoms with E-state index in [1.165, 1.54) is 0 Å². The van der Waals surface area contributed by atoms with Gasteiger partial charge >= 0.3 is 12.2 Å². The molecule has 11 heteroatoms. The number of carbonyl (C=O) groups is 1. The number of para-hydroxylation sites is 1. The number of rotatable bonds is 4. The molecule has 0 unspecified atom stereocenters. The second kappa shape index (κ2) is 8.78. The molecule has 0 bridgehead atoms. The molecule has 1 fully saturated rings. The number of benzene rings is 2. The van der Waals surface area contributed by atoms with Crippen molar-refractivity contribution in [3.63, 3.8) is 0 Å². The zero-order chi connectivity index (χ0) is 21.9. The van der Waals surface area contributed by atoms with Crippen LogP contribution in [0.25, 0.3) is 0 Å². The monoisotopic (exact) mass is 442 g/mol. The highest BCUT2D eigenvalue weighted by atomic mass is 35.5. The van der Waals surface area contributed by atoms with Gasteiger partial charge in [0.1, 0.15) is 5.69 Å². The van der Waals surface area contributed by atoms with Crippen LogP contribution in [0.5, 0.6) is 0 Å². The maximum Gasteiger partial charge on any atom is 0.418 e. The average Bonchev–Trinajstić information content (AvgIpc) is 2.68. The Bertz CT molecular complexity index is 933. The van der Waals surface area contributed by atoms with Gasteiger partial charge in [-0.05, 0) is 31.0 Å². The summed E-state index contributed by atoms with van der Waals surface area (Å²) < 4.78 is 39.1. The molecule has 1 aliphatic heterocycles. The van der Waals surface area contributed by atoms with Crippen molar-refractivity contribution < 1.29 is 22.9 Å². The summed E-state index contributed by atoms with van der Waals surface area (Å²) in [5, 5.41) is 16.3. The van der Waals surface area contributed by atoms with Crippen LogP contribution in [0.4, 0.5) is 35.0 Å². The number of halogens is 4. The maximum atomic E-state index is 13.0. The van der Waals surface area contributed by atoms with E-state index >= 15 is 0 Å².